The summed E-state index contributed by atoms with van der Waals surface area (Å²) in [5, 5.41) is 0. The summed E-state index contributed by atoms with van der Waals surface area (Å²) in [6.07, 6.45) is 1.40. The fourth-order valence-corrected chi connectivity index (χ4v) is 2.08. The number of benzene rings is 1. The molecule has 0 radical (unpaired) electrons. The Kier molecular flexibility index (Phi) is 6.40. The Hall–Kier alpha value is -1.36. The maximum Gasteiger partial charge on any atom is 0.338 e. The summed E-state index contributed by atoms with van der Waals surface area (Å²) in [4.78, 5) is 24.6. The minimum atomic E-state index is -0.551. The van der Waals surface area contributed by atoms with Crippen molar-refractivity contribution in [3.05, 3.63) is 33.8 Å². The minimum Gasteiger partial charge on any atom is -0.456 e. The third-order valence-electron chi connectivity index (χ3n) is 3.81. The van der Waals surface area contributed by atoms with Crippen LogP contribution < -0.4 is 0 Å². The Morgan fingerprint density at radius 3 is 1.52 bits per heavy atom. The first kappa shape index (κ1) is 19.7. The van der Waals surface area contributed by atoms with E-state index < -0.39 is 23.1 Å². The molecule has 1 aromatic rings. The Morgan fingerprint density at radius 2 is 1.22 bits per heavy atom. The molecule has 128 valence electrons. The second-order valence-corrected chi connectivity index (χ2v) is 7.65. The van der Waals surface area contributed by atoms with Gasteiger partial charge < -0.3 is 9.47 Å². The third kappa shape index (κ3) is 5.98. The molecule has 0 unspecified atom stereocenters. The van der Waals surface area contributed by atoms with Gasteiger partial charge in [0.05, 0.1) is 11.1 Å². The Balaban J connectivity index is 3.04. The van der Waals surface area contributed by atoms with Crippen molar-refractivity contribution in [3.8, 4) is 0 Å². The predicted octanol–water partition coefficient (Wildman–Crippen LogP) is 5.14. The highest BCUT2D eigenvalue weighted by Crippen LogP contribution is 2.23. The van der Waals surface area contributed by atoms with Crippen molar-refractivity contribution < 1.29 is 19.1 Å². The average molecular weight is 385 g/mol. The normalized spacial score (nSPS) is 12.0. The summed E-state index contributed by atoms with van der Waals surface area (Å²) in [7, 11) is 0. The van der Waals surface area contributed by atoms with Crippen LogP contribution in [0.1, 0.15) is 75.1 Å². The van der Waals surface area contributed by atoms with Gasteiger partial charge in [-0.15, -0.1) is 0 Å². The SMILES string of the molecule is CCC(C)(C)OC(=O)c1cc(Br)cc(C(=O)OC(C)(C)CC)c1. The highest BCUT2D eigenvalue weighted by Gasteiger charge is 2.25. The van der Waals surface area contributed by atoms with E-state index in [4.69, 9.17) is 9.47 Å². The van der Waals surface area contributed by atoms with Crippen LogP contribution >= 0.6 is 15.9 Å². The molecule has 0 heterocycles. The van der Waals surface area contributed by atoms with Gasteiger partial charge in [-0.2, -0.15) is 0 Å². The fourth-order valence-electron chi connectivity index (χ4n) is 1.59. The molecule has 0 amide bonds. The molecule has 1 rings (SSSR count). The number of carbonyl (C=O) groups is 2. The smallest absolute Gasteiger partial charge is 0.338 e. The summed E-state index contributed by atoms with van der Waals surface area (Å²) >= 11 is 3.33. The fraction of sp³-hybridized carbons (Fsp3) is 0.556. The molecule has 0 aliphatic carbocycles. The lowest BCUT2D eigenvalue weighted by atomic mass is 10.1. The largest absolute Gasteiger partial charge is 0.456 e. The van der Waals surface area contributed by atoms with Crippen LogP contribution in [-0.2, 0) is 9.47 Å². The maximum absolute atomic E-state index is 12.3. The molecule has 4 nitrogen and oxygen atoms in total. The molecule has 0 spiro atoms. The van der Waals surface area contributed by atoms with E-state index in [-0.39, 0.29) is 0 Å². The van der Waals surface area contributed by atoms with Gasteiger partial charge in [-0.1, -0.05) is 29.8 Å². The van der Waals surface area contributed by atoms with Crippen molar-refractivity contribution in [1.29, 1.82) is 0 Å². The molecule has 0 atom stereocenters. The number of esters is 2. The van der Waals surface area contributed by atoms with Crippen molar-refractivity contribution in [3.63, 3.8) is 0 Å². The van der Waals surface area contributed by atoms with Crippen LogP contribution in [0.2, 0.25) is 0 Å². The summed E-state index contributed by atoms with van der Waals surface area (Å²) in [6, 6.07) is 4.78. The van der Waals surface area contributed by atoms with E-state index in [2.05, 4.69) is 15.9 Å². The molecule has 0 saturated heterocycles. The number of carbonyl (C=O) groups excluding carboxylic acids is 2. The van der Waals surface area contributed by atoms with Gasteiger partial charge in [0.2, 0.25) is 0 Å². The molecule has 0 aliphatic heterocycles. The van der Waals surface area contributed by atoms with E-state index in [1.807, 2.05) is 41.5 Å². The first-order valence-electron chi connectivity index (χ1n) is 7.77. The van der Waals surface area contributed by atoms with Crippen LogP contribution in [0.25, 0.3) is 0 Å². The molecule has 0 fully saturated rings. The van der Waals surface area contributed by atoms with Gasteiger partial charge in [0.15, 0.2) is 0 Å². The molecular weight excluding hydrogens is 360 g/mol. The molecule has 5 heteroatoms. The van der Waals surface area contributed by atoms with Crippen molar-refractivity contribution >= 4 is 27.9 Å². The molecule has 23 heavy (non-hydrogen) atoms. The molecule has 0 bridgehead atoms. The first-order valence-corrected chi connectivity index (χ1v) is 8.56. The lowest BCUT2D eigenvalue weighted by Crippen LogP contribution is -2.28. The molecule has 0 saturated carbocycles. The quantitative estimate of drug-likeness (QED) is 0.637. The number of rotatable bonds is 6. The average Bonchev–Trinajstić information content (AvgIpc) is 2.45. The van der Waals surface area contributed by atoms with Crippen LogP contribution in [0, 0.1) is 0 Å². The van der Waals surface area contributed by atoms with E-state index in [0.29, 0.717) is 28.4 Å². The Morgan fingerprint density at radius 1 is 0.870 bits per heavy atom. The van der Waals surface area contributed by atoms with Gasteiger partial charge in [-0.3, -0.25) is 0 Å². The van der Waals surface area contributed by atoms with Gasteiger partial charge >= 0.3 is 11.9 Å². The highest BCUT2D eigenvalue weighted by atomic mass is 79.9. The van der Waals surface area contributed by atoms with Crippen LogP contribution in [0.4, 0.5) is 0 Å². The molecular formula is C18H25BrO4. The monoisotopic (exact) mass is 384 g/mol. The van der Waals surface area contributed by atoms with E-state index >= 15 is 0 Å². The molecule has 0 aliphatic rings. The van der Waals surface area contributed by atoms with Gasteiger partial charge in [0.1, 0.15) is 11.2 Å². The van der Waals surface area contributed by atoms with E-state index in [9.17, 15) is 9.59 Å². The van der Waals surface area contributed by atoms with Crippen LogP contribution in [0.15, 0.2) is 22.7 Å². The van der Waals surface area contributed by atoms with Gasteiger partial charge in [-0.25, -0.2) is 9.59 Å². The lowest BCUT2D eigenvalue weighted by molar-refractivity contribution is -0.00253. The second kappa shape index (κ2) is 7.47. The first-order chi connectivity index (χ1) is 10.5. The van der Waals surface area contributed by atoms with Gasteiger partial charge in [0.25, 0.3) is 0 Å². The van der Waals surface area contributed by atoms with E-state index in [0.717, 1.165) is 0 Å². The third-order valence-corrected chi connectivity index (χ3v) is 4.27. The second-order valence-electron chi connectivity index (χ2n) is 6.73. The lowest BCUT2D eigenvalue weighted by Gasteiger charge is -2.24. The van der Waals surface area contributed by atoms with Gasteiger partial charge in [-0.05, 0) is 58.7 Å². The number of ether oxygens (including phenoxy) is 2. The molecule has 1 aromatic carbocycles. The van der Waals surface area contributed by atoms with E-state index in [1.54, 1.807) is 12.1 Å². The maximum atomic E-state index is 12.3. The zero-order valence-corrected chi connectivity index (χ0v) is 16.2. The number of hydrogen-bond donors (Lipinski definition) is 0. The van der Waals surface area contributed by atoms with Crippen molar-refractivity contribution in [2.75, 3.05) is 0 Å². The van der Waals surface area contributed by atoms with Crippen LogP contribution in [0.5, 0.6) is 0 Å². The topological polar surface area (TPSA) is 52.6 Å². The zero-order valence-electron chi connectivity index (χ0n) is 14.7. The Bertz CT molecular complexity index is 542. The summed E-state index contributed by atoms with van der Waals surface area (Å²) in [5.41, 5.74) is -0.460. The zero-order chi connectivity index (χ0) is 17.8. The van der Waals surface area contributed by atoms with Crippen molar-refractivity contribution in [1.82, 2.24) is 0 Å². The molecule has 0 aromatic heterocycles. The highest BCUT2D eigenvalue weighted by molar-refractivity contribution is 9.10. The van der Waals surface area contributed by atoms with Crippen molar-refractivity contribution in [2.24, 2.45) is 0 Å². The van der Waals surface area contributed by atoms with Crippen LogP contribution in [0.3, 0.4) is 0 Å². The van der Waals surface area contributed by atoms with Gasteiger partial charge in [0, 0.05) is 4.47 Å². The summed E-state index contributed by atoms with van der Waals surface area (Å²) < 4.78 is 11.6. The predicted molar refractivity (Wildman–Crippen MR) is 93.7 cm³/mol. The summed E-state index contributed by atoms with van der Waals surface area (Å²) in [5.74, 6) is -0.913. The minimum absolute atomic E-state index is 0.321. The van der Waals surface area contributed by atoms with E-state index in [1.165, 1.54) is 6.07 Å². The Labute approximate surface area is 146 Å². The van der Waals surface area contributed by atoms with Crippen molar-refractivity contribution in [2.45, 2.75) is 65.6 Å². The summed E-state index contributed by atoms with van der Waals surface area (Å²) in [6.45, 7) is 11.3. The molecule has 0 N–H and O–H groups in total. The van der Waals surface area contributed by atoms with Crippen LogP contribution in [-0.4, -0.2) is 23.1 Å². The number of hydrogen-bond acceptors (Lipinski definition) is 4. The standard InChI is InChI=1S/C18H25BrO4/c1-7-17(3,4)22-15(20)12-9-13(11-14(19)10-12)16(21)23-18(5,6)8-2/h9-11H,7-8H2,1-6H3. The number of halogens is 1.